The summed E-state index contributed by atoms with van der Waals surface area (Å²) < 4.78 is 12.2. The highest BCUT2D eigenvalue weighted by Crippen LogP contribution is 2.46. The molecule has 1 aliphatic carbocycles. The topological polar surface area (TPSA) is 68.5 Å². The zero-order chi connectivity index (χ0) is 21.0. The number of hydrogen-bond donors (Lipinski definition) is 1. The summed E-state index contributed by atoms with van der Waals surface area (Å²) in [5, 5.41) is 3.60. The van der Waals surface area contributed by atoms with Crippen LogP contribution in [0.4, 0.5) is 5.69 Å². The van der Waals surface area contributed by atoms with Crippen molar-refractivity contribution in [3.63, 3.8) is 0 Å². The largest absolute Gasteiger partial charge is 0.486 e. The molecule has 1 N–H and O–H groups in total. The normalized spacial score (nSPS) is 17.2. The van der Waals surface area contributed by atoms with Crippen LogP contribution in [0.5, 0.6) is 5.75 Å². The van der Waals surface area contributed by atoms with Crippen LogP contribution < -0.4 is 10.1 Å². The van der Waals surface area contributed by atoms with E-state index in [2.05, 4.69) is 5.32 Å². The van der Waals surface area contributed by atoms with Crippen molar-refractivity contribution in [3.05, 3.63) is 58.3 Å². The van der Waals surface area contributed by atoms with Gasteiger partial charge < -0.3 is 14.5 Å². The van der Waals surface area contributed by atoms with Crippen molar-refractivity contribution in [3.8, 4) is 5.75 Å². The quantitative estimate of drug-likeness (QED) is 0.579. The van der Waals surface area contributed by atoms with Crippen LogP contribution in [0.2, 0.25) is 0 Å². The summed E-state index contributed by atoms with van der Waals surface area (Å²) >= 11 is 0. The summed E-state index contributed by atoms with van der Waals surface area (Å²) in [6, 6.07) is 9.39. The number of nitrogens with one attached hydrogen (secondary N) is 1. The van der Waals surface area contributed by atoms with Crippen molar-refractivity contribution >= 4 is 28.3 Å². The number of carbonyl (C=O) groups is 2. The van der Waals surface area contributed by atoms with Gasteiger partial charge in [-0.1, -0.05) is 6.07 Å². The number of furan rings is 1. The molecule has 30 heavy (non-hydrogen) atoms. The van der Waals surface area contributed by atoms with Gasteiger partial charge in [0.2, 0.25) is 0 Å². The lowest BCUT2D eigenvalue weighted by atomic mass is 9.87. The lowest BCUT2D eigenvalue weighted by Gasteiger charge is -2.34. The molecule has 5 nitrogen and oxygen atoms in total. The molecule has 0 unspecified atom stereocenters. The highest BCUT2D eigenvalue weighted by atomic mass is 16.5. The van der Waals surface area contributed by atoms with Gasteiger partial charge in [0.15, 0.2) is 11.5 Å². The smallest absolute Gasteiger partial charge is 0.291 e. The Hall–Kier alpha value is -3.08. The molecule has 0 atom stereocenters. The standard InChI is InChI=1S/C25H25NO4/c1-14-6-7-17(12-15(14)2)26-24(28)23-16(3)21-19(29-23)8-9-20-22(21)18(27)13-25(30-20)10-4-5-11-25/h6-9,12H,4-5,10-11,13H2,1-3H3,(H,26,28). The van der Waals surface area contributed by atoms with E-state index in [-0.39, 0.29) is 23.1 Å². The molecule has 1 aliphatic heterocycles. The van der Waals surface area contributed by atoms with Gasteiger partial charge in [-0.3, -0.25) is 9.59 Å². The molecule has 1 amide bonds. The molecule has 0 bridgehead atoms. The van der Waals surface area contributed by atoms with Gasteiger partial charge in [-0.2, -0.15) is 0 Å². The Bertz CT molecular complexity index is 1200. The molecule has 1 fully saturated rings. The van der Waals surface area contributed by atoms with Crippen molar-refractivity contribution in [1.29, 1.82) is 0 Å². The Kier molecular flexibility index (Phi) is 4.24. The first-order chi connectivity index (χ1) is 14.4. The third kappa shape index (κ3) is 2.92. The Labute approximate surface area is 175 Å². The number of fused-ring (bicyclic) bond motifs is 3. The predicted octanol–water partition coefficient (Wildman–Crippen LogP) is 5.89. The zero-order valence-electron chi connectivity index (χ0n) is 17.6. The number of ketones is 1. The van der Waals surface area contributed by atoms with E-state index in [1.165, 1.54) is 0 Å². The van der Waals surface area contributed by atoms with Crippen LogP contribution in [0, 0.1) is 20.8 Å². The molecule has 2 heterocycles. The fraction of sp³-hybridized carbons (Fsp3) is 0.360. The number of Topliss-reactive ketones (excluding diaryl/α,β-unsaturated/α-hetero) is 1. The Morgan fingerprint density at radius 1 is 1.03 bits per heavy atom. The highest BCUT2D eigenvalue weighted by Gasteiger charge is 2.43. The maximum atomic E-state index is 13.1. The van der Waals surface area contributed by atoms with Gasteiger partial charge in [0.25, 0.3) is 5.91 Å². The third-order valence-corrected chi connectivity index (χ3v) is 6.63. The first-order valence-corrected chi connectivity index (χ1v) is 10.5. The molecule has 5 rings (SSSR count). The van der Waals surface area contributed by atoms with E-state index in [9.17, 15) is 9.59 Å². The first kappa shape index (κ1) is 18.9. The highest BCUT2D eigenvalue weighted by molar-refractivity contribution is 6.14. The molecule has 154 valence electrons. The first-order valence-electron chi connectivity index (χ1n) is 10.5. The molecule has 1 saturated carbocycles. The van der Waals surface area contributed by atoms with Crippen LogP contribution in [0.25, 0.3) is 11.0 Å². The average molecular weight is 403 g/mol. The maximum absolute atomic E-state index is 13.1. The van der Waals surface area contributed by atoms with Crippen molar-refractivity contribution in [1.82, 2.24) is 0 Å². The minimum atomic E-state index is -0.348. The second kappa shape index (κ2) is 6.73. The third-order valence-electron chi connectivity index (χ3n) is 6.63. The minimum absolute atomic E-state index is 0.0776. The van der Waals surface area contributed by atoms with Crippen LogP contribution in [0.3, 0.4) is 0 Å². The number of rotatable bonds is 2. The molecule has 2 aliphatic rings. The number of benzene rings is 2. The van der Waals surface area contributed by atoms with Crippen LogP contribution in [-0.4, -0.2) is 17.3 Å². The maximum Gasteiger partial charge on any atom is 0.291 e. The van der Waals surface area contributed by atoms with Gasteiger partial charge in [-0.25, -0.2) is 0 Å². The number of anilines is 1. The fourth-order valence-corrected chi connectivity index (χ4v) is 4.86. The lowest BCUT2D eigenvalue weighted by Crippen LogP contribution is -2.39. The Morgan fingerprint density at radius 2 is 1.80 bits per heavy atom. The summed E-state index contributed by atoms with van der Waals surface area (Å²) in [5.41, 5.74) is 4.39. The SMILES string of the molecule is Cc1ccc(NC(=O)c2oc3ccc4c(c3c2C)C(=O)CC2(CCCC2)O4)cc1C. The van der Waals surface area contributed by atoms with Gasteiger partial charge in [0.1, 0.15) is 16.9 Å². The minimum Gasteiger partial charge on any atom is -0.486 e. The molecule has 3 aromatic rings. The zero-order valence-corrected chi connectivity index (χ0v) is 17.6. The molecule has 0 radical (unpaired) electrons. The number of carbonyl (C=O) groups excluding carboxylic acids is 2. The number of ether oxygens (including phenoxy) is 1. The molecule has 2 aromatic carbocycles. The number of amides is 1. The van der Waals surface area contributed by atoms with E-state index >= 15 is 0 Å². The van der Waals surface area contributed by atoms with Crippen LogP contribution >= 0.6 is 0 Å². The van der Waals surface area contributed by atoms with E-state index in [1.54, 1.807) is 6.07 Å². The van der Waals surface area contributed by atoms with Gasteiger partial charge in [-0.15, -0.1) is 0 Å². The summed E-state index contributed by atoms with van der Waals surface area (Å²) in [5.74, 6) is 0.599. The summed E-state index contributed by atoms with van der Waals surface area (Å²) in [6.07, 6.45) is 4.43. The summed E-state index contributed by atoms with van der Waals surface area (Å²) in [4.78, 5) is 26.1. The molecule has 1 spiro atoms. The van der Waals surface area contributed by atoms with Crippen LogP contribution in [-0.2, 0) is 0 Å². The van der Waals surface area contributed by atoms with E-state index in [4.69, 9.17) is 9.15 Å². The van der Waals surface area contributed by atoms with Gasteiger partial charge in [-0.05, 0) is 81.8 Å². The second-order valence-electron chi connectivity index (χ2n) is 8.71. The van der Waals surface area contributed by atoms with E-state index in [0.29, 0.717) is 40.0 Å². The van der Waals surface area contributed by atoms with Gasteiger partial charge >= 0.3 is 0 Å². The summed E-state index contributed by atoms with van der Waals surface area (Å²) in [7, 11) is 0. The Balaban J connectivity index is 1.53. The fourth-order valence-electron chi connectivity index (χ4n) is 4.86. The Morgan fingerprint density at radius 3 is 2.53 bits per heavy atom. The van der Waals surface area contributed by atoms with Crippen molar-refractivity contribution in [2.75, 3.05) is 5.32 Å². The van der Waals surface area contributed by atoms with Crippen LogP contribution in [0.15, 0.2) is 34.7 Å². The number of hydrogen-bond acceptors (Lipinski definition) is 4. The number of aryl methyl sites for hydroxylation is 3. The van der Waals surface area contributed by atoms with Gasteiger partial charge in [0.05, 0.1) is 12.0 Å². The van der Waals surface area contributed by atoms with E-state index in [1.807, 2.05) is 45.0 Å². The average Bonchev–Trinajstić information content (AvgIpc) is 3.29. The monoisotopic (exact) mass is 403 g/mol. The van der Waals surface area contributed by atoms with Crippen LogP contribution in [0.1, 0.15) is 69.7 Å². The molecule has 0 saturated heterocycles. The molecule has 5 heteroatoms. The lowest BCUT2D eigenvalue weighted by molar-refractivity contribution is 0.0454. The molecular formula is C25H25NO4. The van der Waals surface area contributed by atoms with E-state index in [0.717, 1.165) is 36.8 Å². The van der Waals surface area contributed by atoms with Gasteiger partial charge in [0, 0.05) is 16.6 Å². The second-order valence-corrected chi connectivity index (χ2v) is 8.71. The van der Waals surface area contributed by atoms with Crippen molar-refractivity contribution in [2.45, 2.75) is 58.5 Å². The van der Waals surface area contributed by atoms with Crippen molar-refractivity contribution < 1.29 is 18.7 Å². The summed E-state index contributed by atoms with van der Waals surface area (Å²) in [6.45, 7) is 5.86. The molecular weight excluding hydrogens is 378 g/mol. The molecule has 1 aromatic heterocycles. The van der Waals surface area contributed by atoms with E-state index < -0.39 is 0 Å². The predicted molar refractivity (Wildman–Crippen MR) is 116 cm³/mol. The van der Waals surface area contributed by atoms with Crippen molar-refractivity contribution in [2.24, 2.45) is 0 Å².